The van der Waals surface area contributed by atoms with Gasteiger partial charge in [-0.15, -0.1) is 0 Å². The lowest BCUT2D eigenvalue weighted by molar-refractivity contribution is -0.137. The topological polar surface area (TPSA) is 55.8 Å². The van der Waals surface area contributed by atoms with E-state index >= 15 is 0 Å². The third-order valence-corrected chi connectivity index (χ3v) is 2.35. The molecule has 4 heteroatoms. The van der Waals surface area contributed by atoms with E-state index in [9.17, 15) is 4.79 Å². The average Bonchev–Trinajstić information content (AvgIpc) is 2.29. The smallest absolute Gasteiger partial charge is 0.303 e. The van der Waals surface area contributed by atoms with Gasteiger partial charge in [-0.05, 0) is 12.0 Å². The number of rotatable bonds is 6. The molecular weight excluding hydrogens is 208 g/mol. The summed E-state index contributed by atoms with van der Waals surface area (Å²) in [6.45, 7) is 0. The number of carboxylic acid groups (broad SMARTS) is 1. The fourth-order valence-electron chi connectivity index (χ4n) is 1.58. The van der Waals surface area contributed by atoms with Crippen LogP contribution in [0.5, 0.6) is 0 Å². The van der Waals surface area contributed by atoms with E-state index in [1.165, 1.54) is 0 Å². The Morgan fingerprint density at radius 1 is 1.31 bits per heavy atom. The van der Waals surface area contributed by atoms with Gasteiger partial charge in [-0.25, -0.2) is 0 Å². The number of ether oxygens (including phenoxy) is 2. The lowest BCUT2D eigenvalue weighted by Gasteiger charge is -2.17. The second-order valence-corrected chi connectivity index (χ2v) is 3.40. The zero-order valence-electron chi connectivity index (χ0n) is 9.47. The Kier molecular flexibility index (Phi) is 4.95. The number of hydrogen-bond donors (Lipinski definition) is 1. The first-order valence-electron chi connectivity index (χ1n) is 5.04. The Bertz CT molecular complexity index is 345. The van der Waals surface area contributed by atoms with Gasteiger partial charge in [0.15, 0.2) is 6.29 Å². The molecule has 88 valence electrons. The molecule has 0 aliphatic carbocycles. The predicted molar refractivity (Wildman–Crippen MR) is 59.2 cm³/mol. The maximum absolute atomic E-state index is 10.5. The molecular formula is C12H16O4. The normalized spacial score (nSPS) is 10.7. The number of hydrogen-bond acceptors (Lipinski definition) is 3. The maximum atomic E-state index is 10.5. The third kappa shape index (κ3) is 3.32. The minimum Gasteiger partial charge on any atom is -0.481 e. The van der Waals surface area contributed by atoms with Gasteiger partial charge in [0.1, 0.15) is 0 Å². The van der Waals surface area contributed by atoms with Crippen molar-refractivity contribution in [2.75, 3.05) is 14.2 Å². The van der Waals surface area contributed by atoms with Crippen LogP contribution in [0.15, 0.2) is 24.3 Å². The summed E-state index contributed by atoms with van der Waals surface area (Å²) in [6.07, 6.45) is 0.149. The number of aryl methyl sites for hydroxylation is 1. The quantitative estimate of drug-likeness (QED) is 0.751. The van der Waals surface area contributed by atoms with Gasteiger partial charge in [0, 0.05) is 26.2 Å². The van der Waals surface area contributed by atoms with Crippen molar-refractivity contribution >= 4 is 5.97 Å². The van der Waals surface area contributed by atoms with Crippen LogP contribution in [0.2, 0.25) is 0 Å². The number of carbonyl (C=O) groups is 1. The van der Waals surface area contributed by atoms with Gasteiger partial charge < -0.3 is 14.6 Å². The van der Waals surface area contributed by atoms with Crippen LogP contribution in [0.25, 0.3) is 0 Å². The van der Waals surface area contributed by atoms with Crippen molar-refractivity contribution in [3.05, 3.63) is 35.4 Å². The van der Waals surface area contributed by atoms with Crippen molar-refractivity contribution in [1.82, 2.24) is 0 Å². The Morgan fingerprint density at radius 3 is 2.50 bits per heavy atom. The summed E-state index contributed by atoms with van der Waals surface area (Å²) in [5.41, 5.74) is 1.83. The number of aliphatic carboxylic acids is 1. The molecule has 0 saturated carbocycles. The second kappa shape index (κ2) is 6.25. The molecule has 0 unspecified atom stereocenters. The van der Waals surface area contributed by atoms with E-state index in [4.69, 9.17) is 14.6 Å². The molecule has 0 spiro atoms. The molecule has 4 nitrogen and oxygen atoms in total. The molecule has 0 aromatic heterocycles. The van der Waals surface area contributed by atoms with Crippen LogP contribution < -0.4 is 0 Å². The van der Waals surface area contributed by atoms with Gasteiger partial charge in [0.25, 0.3) is 0 Å². The lowest BCUT2D eigenvalue weighted by Crippen LogP contribution is -2.08. The van der Waals surface area contributed by atoms with E-state index in [1.54, 1.807) is 14.2 Å². The van der Waals surface area contributed by atoms with Crippen molar-refractivity contribution in [3.63, 3.8) is 0 Å². The summed E-state index contributed by atoms with van der Waals surface area (Å²) < 4.78 is 10.3. The molecule has 0 heterocycles. The highest BCUT2D eigenvalue weighted by molar-refractivity contribution is 5.67. The van der Waals surface area contributed by atoms with Gasteiger partial charge in [0.05, 0.1) is 0 Å². The molecule has 0 fully saturated rings. The Morgan fingerprint density at radius 2 is 1.94 bits per heavy atom. The molecule has 0 atom stereocenters. The van der Waals surface area contributed by atoms with Crippen LogP contribution in [-0.2, 0) is 20.7 Å². The third-order valence-electron chi connectivity index (χ3n) is 2.35. The van der Waals surface area contributed by atoms with E-state index in [-0.39, 0.29) is 6.42 Å². The maximum Gasteiger partial charge on any atom is 0.303 e. The van der Waals surface area contributed by atoms with Crippen LogP contribution in [0.1, 0.15) is 23.8 Å². The van der Waals surface area contributed by atoms with Crippen molar-refractivity contribution in [3.8, 4) is 0 Å². The fourth-order valence-corrected chi connectivity index (χ4v) is 1.58. The second-order valence-electron chi connectivity index (χ2n) is 3.40. The molecule has 16 heavy (non-hydrogen) atoms. The first-order chi connectivity index (χ1) is 7.69. The van der Waals surface area contributed by atoms with Crippen molar-refractivity contribution in [1.29, 1.82) is 0 Å². The molecule has 0 aliphatic heterocycles. The standard InChI is InChI=1S/C12H16O4/c1-15-12(16-2)10-6-4-3-5-9(10)7-8-11(13)14/h3-6,12H,7-8H2,1-2H3,(H,13,14). The summed E-state index contributed by atoms with van der Waals surface area (Å²) in [7, 11) is 3.12. The van der Waals surface area contributed by atoms with Crippen molar-refractivity contribution in [2.24, 2.45) is 0 Å². The number of carboxylic acids is 1. The molecule has 0 radical (unpaired) electrons. The predicted octanol–water partition coefficient (Wildman–Crippen LogP) is 2.00. The highest BCUT2D eigenvalue weighted by Crippen LogP contribution is 2.22. The van der Waals surface area contributed by atoms with Crippen LogP contribution >= 0.6 is 0 Å². The van der Waals surface area contributed by atoms with Crippen LogP contribution in [0.3, 0.4) is 0 Å². The fraction of sp³-hybridized carbons (Fsp3) is 0.417. The lowest BCUT2D eigenvalue weighted by atomic mass is 10.0. The minimum absolute atomic E-state index is 0.108. The van der Waals surface area contributed by atoms with E-state index in [2.05, 4.69) is 0 Å². The molecule has 0 bridgehead atoms. The number of methoxy groups -OCH3 is 2. The molecule has 1 rings (SSSR count). The molecule has 1 N–H and O–H groups in total. The van der Waals surface area contributed by atoms with E-state index in [1.807, 2.05) is 24.3 Å². The first kappa shape index (κ1) is 12.7. The van der Waals surface area contributed by atoms with E-state index < -0.39 is 12.3 Å². The van der Waals surface area contributed by atoms with Gasteiger partial charge in [-0.3, -0.25) is 4.79 Å². The minimum atomic E-state index is -0.804. The highest BCUT2D eigenvalue weighted by Gasteiger charge is 2.13. The van der Waals surface area contributed by atoms with Crippen LogP contribution in [-0.4, -0.2) is 25.3 Å². The summed E-state index contributed by atoms with van der Waals surface area (Å²) in [4.78, 5) is 10.5. The molecule has 1 aromatic carbocycles. The Balaban J connectivity index is 2.86. The van der Waals surface area contributed by atoms with Gasteiger partial charge in [-0.1, -0.05) is 24.3 Å². The SMILES string of the molecule is COC(OC)c1ccccc1CCC(=O)O. The van der Waals surface area contributed by atoms with Crippen LogP contribution in [0.4, 0.5) is 0 Å². The van der Waals surface area contributed by atoms with E-state index in [0.717, 1.165) is 11.1 Å². The highest BCUT2D eigenvalue weighted by atomic mass is 16.7. The van der Waals surface area contributed by atoms with Gasteiger partial charge in [-0.2, -0.15) is 0 Å². The molecule has 0 amide bonds. The number of benzene rings is 1. The monoisotopic (exact) mass is 224 g/mol. The summed E-state index contributed by atoms with van der Waals surface area (Å²) >= 11 is 0. The van der Waals surface area contributed by atoms with Crippen molar-refractivity contribution in [2.45, 2.75) is 19.1 Å². The zero-order chi connectivity index (χ0) is 12.0. The largest absolute Gasteiger partial charge is 0.481 e. The van der Waals surface area contributed by atoms with E-state index in [0.29, 0.717) is 6.42 Å². The Hall–Kier alpha value is -1.39. The van der Waals surface area contributed by atoms with Gasteiger partial charge >= 0.3 is 5.97 Å². The van der Waals surface area contributed by atoms with Crippen LogP contribution in [0, 0.1) is 0 Å². The molecule has 1 aromatic rings. The summed E-state index contributed by atoms with van der Waals surface area (Å²) in [5, 5.41) is 8.66. The summed E-state index contributed by atoms with van der Waals surface area (Å²) in [6, 6.07) is 7.53. The molecule has 0 saturated heterocycles. The average molecular weight is 224 g/mol. The van der Waals surface area contributed by atoms with Gasteiger partial charge in [0.2, 0.25) is 0 Å². The molecule has 0 aliphatic rings. The zero-order valence-corrected chi connectivity index (χ0v) is 9.47. The first-order valence-corrected chi connectivity index (χ1v) is 5.04. The van der Waals surface area contributed by atoms with Crippen molar-refractivity contribution < 1.29 is 19.4 Å². The summed E-state index contributed by atoms with van der Waals surface area (Å²) in [5.74, 6) is -0.804. The Labute approximate surface area is 94.8 Å².